The molecule has 0 bridgehead atoms. The Morgan fingerprint density at radius 2 is 2.08 bits per heavy atom. The molecule has 1 atom stereocenters. The van der Waals surface area contributed by atoms with Gasteiger partial charge in [0.1, 0.15) is 10.8 Å². The van der Waals surface area contributed by atoms with Gasteiger partial charge >= 0.3 is 0 Å². The highest BCUT2D eigenvalue weighted by atomic mass is 32.1. The van der Waals surface area contributed by atoms with Crippen molar-refractivity contribution in [2.75, 3.05) is 19.6 Å². The smallest absolute Gasteiger partial charge is 0.123 e. The summed E-state index contributed by atoms with van der Waals surface area (Å²) in [7, 11) is 0. The van der Waals surface area contributed by atoms with E-state index in [1.54, 1.807) is 11.3 Å². The summed E-state index contributed by atoms with van der Waals surface area (Å²) in [6, 6.07) is 7.33. The van der Waals surface area contributed by atoms with Gasteiger partial charge in [0.2, 0.25) is 0 Å². The molecule has 1 saturated heterocycles. The maximum absolute atomic E-state index is 13.0. The maximum Gasteiger partial charge on any atom is 0.123 e. The monoisotopic (exact) mass is 357 g/mol. The molecule has 1 aromatic carbocycles. The van der Waals surface area contributed by atoms with Crippen LogP contribution in [0.3, 0.4) is 0 Å². The van der Waals surface area contributed by atoms with Crippen molar-refractivity contribution >= 4 is 17.4 Å². The van der Waals surface area contributed by atoms with Crippen molar-refractivity contribution in [1.82, 2.24) is 15.2 Å². The van der Waals surface area contributed by atoms with Crippen LogP contribution in [-0.2, 0) is 6.54 Å². The van der Waals surface area contributed by atoms with Crippen LogP contribution in [0.4, 0.5) is 4.39 Å². The molecule has 3 nitrogen and oxygen atoms in total. The van der Waals surface area contributed by atoms with E-state index in [0.29, 0.717) is 11.5 Å². The topological polar surface area (TPSA) is 28.2 Å². The first kappa shape index (κ1) is 16.9. The maximum atomic E-state index is 13.0. The van der Waals surface area contributed by atoms with Gasteiger partial charge in [0.25, 0.3) is 0 Å². The molecule has 1 unspecified atom stereocenters. The van der Waals surface area contributed by atoms with Crippen LogP contribution in [0.1, 0.15) is 29.8 Å². The molecule has 1 aliphatic heterocycles. The van der Waals surface area contributed by atoms with Crippen molar-refractivity contribution in [3.63, 3.8) is 0 Å². The first-order valence-electron chi connectivity index (χ1n) is 9.00. The molecule has 2 aromatic rings. The zero-order chi connectivity index (χ0) is 17.1. The van der Waals surface area contributed by atoms with Gasteiger partial charge in [-0.1, -0.05) is 24.3 Å². The summed E-state index contributed by atoms with van der Waals surface area (Å²) in [5.74, 6) is -0.187. The Balaban J connectivity index is 1.43. The van der Waals surface area contributed by atoms with Gasteiger partial charge in [-0.2, -0.15) is 0 Å². The summed E-state index contributed by atoms with van der Waals surface area (Å²) < 4.78 is 13.0. The Labute approximate surface area is 152 Å². The molecule has 1 saturated carbocycles. The Morgan fingerprint density at radius 1 is 1.28 bits per heavy atom. The molecule has 2 heterocycles. The average molecular weight is 357 g/mol. The van der Waals surface area contributed by atoms with E-state index in [2.05, 4.69) is 32.7 Å². The van der Waals surface area contributed by atoms with Gasteiger partial charge in [-0.05, 0) is 55.5 Å². The molecule has 2 aliphatic rings. The zero-order valence-corrected chi connectivity index (χ0v) is 15.1. The number of nitrogens with zero attached hydrogens (tertiary/aromatic N) is 2. The quantitative estimate of drug-likeness (QED) is 0.849. The number of piperidine rings is 1. The zero-order valence-electron chi connectivity index (χ0n) is 14.3. The molecule has 1 aromatic heterocycles. The van der Waals surface area contributed by atoms with E-state index in [9.17, 15) is 4.39 Å². The predicted octanol–water partition coefficient (Wildman–Crippen LogP) is 3.94. The fourth-order valence-corrected chi connectivity index (χ4v) is 4.65. The standard InChI is InChI=1S/C20H24FN3S/c21-17-5-3-16(4-6-17)2-1-12-24(15-19-23-11-13-25-19)18-14-20(18)7-9-22-10-8-20/h1-6,11,13,18,22H,7-10,12,14-15H2/b2-1+. The fourth-order valence-electron chi connectivity index (χ4n) is 4.01. The van der Waals surface area contributed by atoms with Gasteiger partial charge < -0.3 is 5.32 Å². The summed E-state index contributed by atoms with van der Waals surface area (Å²) >= 11 is 1.73. The van der Waals surface area contributed by atoms with E-state index in [4.69, 9.17) is 0 Å². The first-order chi connectivity index (χ1) is 12.3. The summed E-state index contributed by atoms with van der Waals surface area (Å²) in [6.07, 6.45) is 10.1. The molecule has 132 valence electrons. The van der Waals surface area contributed by atoms with Crippen molar-refractivity contribution in [2.45, 2.75) is 31.8 Å². The van der Waals surface area contributed by atoms with Gasteiger partial charge in [0.05, 0.1) is 6.54 Å². The van der Waals surface area contributed by atoms with Crippen molar-refractivity contribution in [2.24, 2.45) is 5.41 Å². The Bertz CT molecular complexity index is 705. The molecule has 0 radical (unpaired) electrons. The number of hydrogen-bond acceptors (Lipinski definition) is 4. The lowest BCUT2D eigenvalue weighted by molar-refractivity contribution is 0.212. The molecule has 1 N–H and O–H groups in total. The number of nitrogens with one attached hydrogen (secondary N) is 1. The van der Waals surface area contributed by atoms with E-state index in [-0.39, 0.29) is 5.82 Å². The van der Waals surface area contributed by atoms with Crippen molar-refractivity contribution in [1.29, 1.82) is 0 Å². The van der Waals surface area contributed by atoms with Crippen molar-refractivity contribution < 1.29 is 4.39 Å². The van der Waals surface area contributed by atoms with Crippen molar-refractivity contribution in [3.05, 3.63) is 58.3 Å². The number of rotatable bonds is 6. The second-order valence-electron chi connectivity index (χ2n) is 7.14. The van der Waals surface area contributed by atoms with Crippen LogP contribution in [0.5, 0.6) is 0 Å². The Hall–Kier alpha value is -1.56. The van der Waals surface area contributed by atoms with Crippen LogP contribution < -0.4 is 5.32 Å². The normalized spacial score (nSPS) is 22.1. The number of hydrogen-bond donors (Lipinski definition) is 1. The minimum absolute atomic E-state index is 0.187. The fraction of sp³-hybridized carbons (Fsp3) is 0.450. The highest BCUT2D eigenvalue weighted by Crippen LogP contribution is 2.56. The molecule has 1 spiro atoms. The Morgan fingerprint density at radius 3 is 2.80 bits per heavy atom. The molecule has 2 fully saturated rings. The van der Waals surface area contributed by atoms with Gasteiger partial charge in [0, 0.05) is 24.2 Å². The van der Waals surface area contributed by atoms with Crippen LogP contribution in [0.25, 0.3) is 6.08 Å². The highest BCUT2D eigenvalue weighted by Gasteiger charge is 2.56. The minimum Gasteiger partial charge on any atom is -0.317 e. The summed E-state index contributed by atoms with van der Waals surface area (Å²) in [4.78, 5) is 7.05. The number of benzene rings is 1. The largest absolute Gasteiger partial charge is 0.317 e. The van der Waals surface area contributed by atoms with E-state index in [0.717, 1.165) is 31.7 Å². The lowest BCUT2D eigenvalue weighted by Crippen LogP contribution is -2.36. The lowest BCUT2D eigenvalue weighted by Gasteiger charge is -2.28. The molecular formula is C20H24FN3S. The molecule has 4 rings (SSSR count). The van der Waals surface area contributed by atoms with Crippen LogP contribution in [0.2, 0.25) is 0 Å². The van der Waals surface area contributed by atoms with Crippen LogP contribution in [0, 0.1) is 11.2 Å². The summed E-state index contributed by atoms with van der Waals surface area (Å²) in [5, 5.41) is 6.72. The number of aromatic nitrogens is 1. The predicted molar refractivity (Wildman–Crippen MR) is 101 cm³/mol. The van der Waals surface area contributed by atoms with Crippen LogP contribution in [-0.4, -0.2) is 35.6 Å². The van der Waals surface area contributed by atoms with Crippen molar-refractivity contribution in [3.8, 4) is 0 Å². The van der Waals surface area contributed by atoms with E-state index >= 15 is 0 Å². The summed E-state index contributed by atoms with van der Waals surface area (Å²) in [5.41, 5.74) is 1.56. The highest BCUT2D eigenvalue weighted by molar-refractivity contribution is 7.09. The summed E-state index contributed by atoms with van der Waals surface area (Å²) in [6.45, 7) is 4.13. The van der Waals surface area contributed by atoms with Gasteiger partial charge in [-0.15, -0.1) is 11.3 Å². The van der Waals surface area contributed by atoms with E-state index in [1.807, 2.05) is 18.3 Å². The second-order valence-corrected chi connectivity index (χ2v) is 8.12. The SMILES string of the molecule is Fc1ccc(/C=C/CN(Cc2nccs2)C2CC23CCNCC3)cc1. The molecule has 25 heavy (non-hydrogen) atoms. The minimum atomic E-state index is -0.187. The number of halogens is 1. The molecule has 1 aliphatic carbocycles. The lowest BCUT2D eigenvalue weighted by atomic mass is 9.93. The second kappa shape index (κ2) is 7.36. The number of thiazole rings is 1. The third kappa shape index (κ3) is 4.00. The van der Waals surface area contributed by atoms with E-state index in [1.165, 1.54) is 36.4 Å². The van der Waals surface area contributed by atoms with Gasteiger partial charge in [-0.3, -0.25) is 4.90 Å². The van der Waals surface area contributed by atoms with Gasteiger partial charge in [-0.25, -0.2) is 9.37 Å². The molecule has 0 amide bonds. The Kier molecular flexibility index (Phi) is 4.97. The third-order valence-corrected chi connectivity index (χ3v) is 6.29. The van der Waals surface area contributed by atoms with E-state index < -0.39 is 0 Å². The van der Waals surface area contributed by atoms with Crippen LogP contribution in [0.15, 0.2) is 41.9 Å². The van der Waals surface area contributed by atoms with Crippen LogP contribution >= 0.6 is 11.3 Å². The third-order valence-electron chi connectivity index (χ3n) is 5.53. The molecule has 5 heteroatoms. The first-order valence-corrected chi connectivity index (χ1v) is 9.88. The van der Waals surface area contributed by atoms with Gasteiger partial charge in [0.15, 0.2) is 0 Å². The molecular weight excluding hydrogens is 333 g/mol. The average Bonchev–Trinajstić information content (AvgIpc) is 3.06.